The molecule has 1 unspecified atom stereocenters. The van der Waals surface area contributed by atoms with Gasteiger partial charge in [0.15, 0.2) is 0 Å². The van der Waals surface area contributed by atoms with Crippen LogP contribution in [0, 0.1) is 11.3 Å². The molecule has 1 heterocycles. The Kier molecular flexibility index (Phi) is 3.60. The van der Waals surface area contributed by atoms with Crippen molar-refractivity contribution in [3.63, 3.8) is 0 Å². The summed E-state index contributed by atoms with van der Waals surface area (Å²) >= 11 is 0. The monoisotopic (exact) mass is 245 g/mol. The van der Waals surface area contributed by atoms with Gasteiger partial charge in [-0.05, 0) is 18.2 Å². The Morgan fingerprint density at radius 3 is 2.94 bits per heavy atom. The fraction of sp³-hybridized carbons (Fsp3) is 0.231. The molecule has 1 aromatic heterocycles. The molecule has 92 valence electrons. The smallest absolute Gasteiger partial charge is 0.336 e. The van der Waals surface area contributed by atoms with Gasteiger partial charge in [-0.3, -0.25) is 0 Å². The number of aliphatic hydroxyl groups is 1. The molecule has 0 aliphatic carbocycles. The second-order valence-corrected chi connectivity index (χ2v) is 3.74. The third-order valence-electron chi connectivity index (χ3n) is 2.40. The lowest BCUT2D eigenvalue weighted by molar-refractivity contribution is 0.184. The topological polar surface area (TPSA) is 83.5 Å². The second-order valence-electron chi connectivity index (χ2n) is 3.74. The van der Waals surface area contributed by atoms with E-state index in [1.807, 2.05) is 0 Å². The zero-order chi connectivity index (χ0) is 13.0. The van der Waals surface area contributed by atoms with E-state index >= 15 is 0 Å². The SMILES string of the molecule is N#CC(O)CCOc1ccc2ccc(=O)oc2c1. The maximum absolute atomic E-state index is 11.1. The zero-order valence-electron chi connectivity index (χ0n) is 9.50. The van der Waals surface area contributed by atoms with E-state index in [-0.39, 0.29) is 13.0 Å². The van der Waals surface area contributed by atoms with Crippen LogP contribution in [-0.2, 0) is 0 Å². The van der Waals surface area contributed by atoms with E-state index in [0.717, 1.165) is 5.39 Å². The molecule has 2 rings (SSSR count). The van der Waals surface area contributed by atoms with Gasteiger partial charge in [0.2, 0.25) is 0 Å². The predicted octanol–water partition coefficient (Wildman–Crippen LogP) is 1.45. The normalized spacial score (nSPS) is 12.0. The van der Waals surface area contributed by atoms with Crippen LogP contribution in [0.4, 0.5) is 0 Å². The lowest BCUT2D eigenvalue weighted by Crippen LogP contribution is -2.09. The summed E-state index contributed by atoms with van der Waals surface area (Å²) in [4.78, 5) is 11.1. The quantitative estimate of drug-likeness (QED) is 0.651. The van der Waals surface area contributed by atoms with Crippen molar-refractivity contribution in [3.8, 4) is 11.8 Å². The number of ether oxygens (including phenoxy) is 1. The molecule has 0 amide bonds. The van der Waals surface area contributed by atoms with Crippen molar-refractivity contribution in [2.24, 2.45) is 0 Å². The van der Waals surface area contributed by atoms with Crippen LogP contribution in [0.2, 0.25) is 0 Å². The van der Waals surface area contributed by atoms with E-state index in [2.05, 4.69) is 0 Å². The molecule has 18 heavy (non-hydrogen) atoms. The van der Waals surface area contributed by atoms with Gasteiger partial charge in [0.05, 0.1) is 12.7 Å². The van der Waals surface area contributed by atoms with Gasteiger partial charge in [-0.2, -0.15) is 5.26 Å². The molecule has 5 nitrogen and oxygen atoms in total. The molecule has 5 heteroatoms. The van der Waals surface area contributed by atoms with Gasteiger partial charge in [-0.25, -0.2) is 4.79 Å². The molecule has 0 aliphatic rings. The molecule has 0 saturated heterocycles. The molecule has 0 spiro atoms. The van der Waals surface area contributed by atoms with Crippen molar-refractivity contribution < 1.29 is 14.3 Å². The molecule has 2 aromatic rings. The van der Waals surface area contributed by atoms with Gasteiger partial charge in [0.1, 0.15) is 17.4 Å². The first-order valence-corrected chi connectivity index (χ1v) is 5.43. The van der Waals surface area contributed by atoms with Crippen molar-refractivity contribution in [1.82, 2.24) is 0 Å². The Bertz CT molecular complexity index is 641. The first-order valence-electron chi connectivity index (χ1n) is 5.43. The van der Waals surface area contributed by atoms with Gasteiger partial charge in [-0.15, -0.1) is 0 Å². The second kappa shape index (κ2) is 5.34. The molecular weight excluding hydrogens is 234 g/mol. The van der Waals surface area contributed by atoms with E-state index in [1.54, 1.807) is 30.3 Å². The maximum atomic E-state index is 11.1. The van der Waals surface area contributed by atoms with Crippen LogP contribution >= 0.6 is 0 Å². The Balaban J connectivity index is 2.10. The lowest BCUT2D eigenvalue weighted by atomic mass is 10.2. The van der Waals surface area contributed by atoms with Crippen LogP contribution in [0.15, 0.2) is 39.5 Å². The molecule has 1 aromatic carbocycles. The number of fused-ring (bicyclic) bond motifs is 1. The van der Waals surface area contributed by atoms with Crippen LogP contribution in [0.25, 0.3) is 11.0 Å². The minimum absolute atomic E-state index is 0.220. The Morgan fingerprint density at radius 2 is 2.17 bits per heavy atom. The minimum atomic E-state index is -1.02. The summed E-state index contributed by atoms with van der Waals surface area (Å²) in [5.74, 6) is 0.530. The predicted molar refractivity (Wildman–Crippen MR) is 64.2 cm³/mol. The first-order chi connectivity index (χ1) is 8.69. The highest BCUT2D eigenvalue weighted by atomic mass is 16.5. The molecule has 1 N–H and O–H groups in total. The fourth-order valence-electron chi connectivity index (χ4n) is 1.48. The number of nitrogens with zero attached hydrogens (tertiary/aromatic N) is 1. The summed E-state index contributed by atoms with van der Waals surface area (Å²) in [7, 11) is 0. The summed E-state index contributed by atoms with van der Waals surface area (Å²) in [5, 5.41) is 18.2. The minimum Gasteiger partial charge on any atom is -0.493 e. The molecule has 0 fully saturated rings. The molecule has 0 bridgehead atoms. The Morgan fingerprint density at radius 1 is 1.39 bits per heavy atom. The van der Waals surface area contributed by atoms with Crippen LogP contribution in [-0.4, -0.2) is 17.8 Å². The van der Waals surface area contributed by atoms with Crippen LogP contribution in [0.5, 0.6) is 5.75 Å². The van der Waals surface area contributed by atoms with Crippen molar-refractivity contribution in [1.29, 1.82) is 5.26 Å². The summed E-state index contributed by atoms with van der Waals surface area (Å²) in [6.45, 7) is 0.220. The Hall–Kier alpha value is -2.32. The van der Waals surface area contributed by atoms with Gasteiger partial charge in [-0.1, -0.05) is 0 Å². The average molecular weight is 245 g/mol. The number of rotatable bonds is 4. The van der Waals surface area contributed by atoms with Crippen molar-refractivity contribution in [2.75, 3.05) is 6.61 Å². The molecular formula is C13H11NO4. The highest BCUT2D eigenvalue weighted by Gasteiger charge is 2.03. The van der Waals surface area contributed by atoms with E-state index in [4.69, 9.17) is 19.5 Å². The highest BCUT2D eigenvalue weighted by molar-refractivity contribution is 5.77. The lowest BCUT2D eigenvalue weighted by Gasteiger charge is -2.06. The van der Waals surface area contributed by atoms with Crippen molar-refractivity contribution >= 4 is 11.0 Å². The molecule has 1 atom stereocenters. The van der Waals surface area contributed by atoms with Crippen molar-refractivity contribution in [2.45, 2.75) is 12.5 Å². The first kappa shape index (κ1) is 12.1. The molecule has 0 saturated carbocycles. The number of hydrogen-bond acceptors (Lipinski definition) is 5. The number of benzene rings is 1. The van der Waals surface area contributed by atoms with Crippen molar-refractivity contribution in [3.05, 3.63) is 40.8 Å². The Labute approximate surface area is 103 Å². The average Bonchev–Trinajstić information content (AvgIpc) is 2.38. The summed E-state index contributed by atoms with van der Waals surface area (Å²) < 4.78 is 10.4. The van der Waals surface area contributed by atoms with E-state index in [1.165, 1.54) is 6.07 Å². The van der Waals surface area contributed by atoms with E-state index in [0.29, 0.717) is 11.3 Å². The molecule has 0 radical (unpaired) electrons. The van der Waals surface area contributed by atoms with Gasteiger partial charge < -0.3 is 14.3 Å². The standard InChI is InChI=1S/C13H11NO4/c14-8-10(15)5-6-17-11-3-1-9-2-4-13(16)18-12(9)7-11/h1-4,7,10,15H,5-6H2. The largest absolute Gasteiger partial charge is 0.493 e. The van der Waals surface area contributed by atoms with Crippen LogP contribution in [0.3, 0.4) is 0 Å². The van der Waals surface area contributed by atoms with Crippen LogP contribution in [0.1, 0.15) is 6.42 Å². The van der Waals surface area contributed by atoms with E-state index < -0.39 is 11.7 Å². The fourth-order valence-corrected chi connectivity index (χ4v) is 1.48. The number of aliphatic hydroxyl groups excluding tert-OH is 1. The van der Waals surface area contributed by atoms with Gasteiger partial charge >= 0.3 is 5.63 Å². The van der Waals surface area contributed by atoms with Crippen LogP contribution < -0.4 is 10.4 Å². The van der Waals surface area contributed by atoms with Gasteiger partial charge in [0.25, 0.3) is 0 Å². The summed E-state index contributed by atoms with van der Waals surface area (Å²) in [5.41, 5.74) is 0.0281. The number of hydrogen-bond donors (Lipinski definition) is 1. The summed E-state index contributed by atoms with van der Waals surface area (Å²) in [6.07, 6.45) is -0.795. The third kappa shape index (κ3) is 2.87. The third-order valence-corrected chi connectivity index (χ3v) is 2.40. The molecule has 0 aliphatic heterocycles. The highest BCUT2D eigenvalue weighted by Crippen LogP contribution is 2.19. The number of nitriles is 1. The van der Waals surface area contributed by atoms with Gasteiger partial charge in [0, 0.05) is 23.9 Å². The summed E-state index contributed by atoms with van der Waals surface area (Å²) in [6, 6.07) is 9.84. The van der Waals surface area contributed by atoms with E-state index in [9.17, 15) is 4.79 Å². The zero-order valence-corrected chi connectivity index (χ0v) is 9.50. The maximum Gasteiger partial charge on any atom is 0.336 e.